The minimum atomic E-state index is -4.57. The highest BCUT2D eigenvalue weighted by Gasteiger charge is 2.45. The first-order chi connectivity index (χ1) is 7.70. The molecule has 0 aromatic carbocycles. The molecule has 0 radical (unpaired) electrons. The van der Waals surface area contributed by atoms with E-state index in [4.69, 9.17) is 10.5 Å². The van der Waals surface area contributed by atoms with Crippen LogP contribution in [0.15, 0.2) is 0 Å². The second-order valence-electron chi connectivity index (χ2n) is 4.30. The topological polar surface area (TPSA) is 52.3 Å². The van der Waals surface area contributed by atoms with Gasteiger partial charge in [-0.1, -0.05) is 19.8 Å². The molecule has 0 aliphatic carbocycles. The third kappa shape index (κ3) is 5.91. The summed E-state index contributed by atoms with van der Waals surface area (Å²) >= 11 is 0. The molecule has 17 heavy (non-hydrogen) atoms. The number of esters is 1. The van der Waals surface area contributed by atoms with Gasteiger partial charge in [0.25, 0.3) is 0 Å². The van der Waals surface area contributed by atoms with Crippen LogP contribution in [0.1, 0.15) is 40.0 Å². The summed E-state index contributed by atoms with van der Waals surface area (Å²) in [4.78, 5) is 11.5. The van der Waals surface area contributed by atoms with Crippen LogP contribution in [-0.4, -0.2) is 24.3 Å². The molecule has 0 spiro atoms. The van der Waals surface area contributed by atoms with Gasteiger partial charge in [-0.3, -0.25) is 4.79 Å². The van der Waals surface area contributed by atoms with Crippen molar-refractivity contribution in [2.24, 2.45) is 11.7 Å². The van der Waals surface area contributed by atoms with Crippen molar-refractivity contribution < 1.29 is 22.7 Å². The SMILES string of the molecule is CCCC[C@@H](C(=O)OC(C)C)[C@@H](N)C(F)(F)F. The van der Waals surface area contributed by atoms with Crippen LogP contribution in [0.4, 0.5) is 13.2 Å². The zero-order valence-corrected chi connectivity index (χ0v) is 10.4. The molecule has 0 unspecified atom stereocenters. The molecule has 0 amide bonds. The van der Waals surface area contributed by atoms with Crippen molar-refractivity contribution in [1.82, 2.24) is 0 Å². The maximum Gasteiger partial charge on any atom is 0.404 e. The number of hydrogen-bond acceptors (Lipinski definition) is 3. The second-order valence-corrected chi connectivity index (χ2v) is 4.30. The van der Waals surface area contributed by atoms with E-state index >= 15 is 0 Å². The Morgan fingerprint density at radius 1 is 1.35 bits per heavy atom. The van der Waals surface area contributed by atoms with Gasteiger partial charge in [0.15, 0.2) is 0 Å². The van der Waals surface area contributed by atoms with Gasteiger partial charge in [-0.2, -0.15) is 13.2 Å². The van der Waals surface area contributed by atoms with Gasteiger partial charge >= 0.3 is 12.1 Å². The lowest BCUT2D eigenvalue weighted by Crippen LogP contribution is -2.47. The monoisotopic (exact) mass is 255 g/mol. The Hall–Kier alpha value is -0.780. The van der Waals surface area contributed by atoms with Crippen molar-refractivity contribution in [1.29, 1.82) is 0 Å². The highest BCUT2D eigenvalue weighted by atomic mass is 19.4. The lowest BCUT2D eigenvalue weighted by Gasteiger charge is -2.25. The summed E-state index contributed by atoms with van der Waals surface area (Å²) in [5.41, 5.74) is 5.09. The van der Waals surface area contributed by atoms with E-state index in [0.717, 1.165) is 0 Å². The van der Waals surface area contributed by atoms with E-state index in [0.29, 0.717) is 12.8 Å². The number of nitrogens with two attached hydrogens (primary N) is 1. The van der Waals surface area contributed by atoms with Crippen LogP contribution >= 0.6 is 0 Å². The summed E-state index contributed by atoms with van der Waals surface area (Å²) in [5.74, 6) is -2.17. The summed E-state index contributed by atoms with van der Waals surface area (Å²) < 4.78 is 42.3. The Kier molecular flexibility index (Phi) is 6.52. The number of halogens is 3. The highest BCUT2D eigenvalue weighted by molar-refractivity contribution is 5.73. The number of rotatable bonds is 6. The Morgan fingerprint density at radius 2 is 1.88 bits per heavy atom. The summed E-state index contributed by atoms with van der Waals surface area (Å²) in [5, 5.41) is 0. The minimum Gasteiger partial charge on any atom is -0.463 e. The maximum atomic E-state index is 12.5. The van der Waals surface area contributed by atoms with Crippen LogP contribution in [0.5, 0.6) is 0 Å². The predicted molar refractivity (Wildman–Crippen MR) is 58.3 cm³/mol. The van der Waals surface area contributed by atoms with Gasteiger partial charge in [0.2, 0.25) is 0 Å². The van der Waals surface area contributed by atoms with Crippen molar-refractivity contribution in [3.8, 4) is 0 Å². The number of alkyl halides is 3. The van der Waals surface area contributed by atoms with Gasteiger partial charge in [-0.25, -0.2) is 0 Å². The van der Waals surface area contributed by atoms with E-state index in [1.165, 1.54) is 0 Å². The number of unbranched alkanes of at least 4 members (excludes halogenated alkanes) is 1. The van der Waals surface area contributed by atoms with Gasteiger partial charge in [-0.05, 0) is 20.3 Å². The fourth-order valence-corrected chi connectivity index (χ4v) is 1.42. The molecule has 2 N–H and O–H groups in total. The Bertz CT molecular complexity index is 241. The van der Waals surface area contributed by atoms with Gasteiger partial charge in [0, 0.05) is 0 Å². The van der Waals surface area contributed by atoms with Crippen LogP contribution in [0.25, 0.3) is 0 Å². The molecule has 0 saturated heterocycles. The molecule has 102 valence electrons. The molecule has 0 aliphatic heterocycles. The average Bonchev–Trinajstić information content (AvgIpc) is 2.15. The third-order valence-corrected chi connectivity index (χ3v) is 2.33. The Morgan fingerprint density at radius 3 is 2.24 bits per heavy atom. The number of carbonyl (C=O) groups excluding carboxylic acids is 1. The van der Waals surface area contributed by atoms with Crippen LogP contribution in [0, 0.1) is 5.92 Å². The van der Waals surface area contributed by atoms with Gasteiger partial charge < -0.3 is 10.5 Å². The molecule has 0 aromatic heterocycles. The number of hydrogen-bond donors (Lipinski definition) is 1. The van der Waals surface area contributed by atoms with E-state index in [1.54, 1.807) is 13.8 Å². The van der Waals surface area contributed by atoms with Gasteiger partial charge in [-0.15, -0.1) is 0 Å². The summed E-state index contributed by atoms with van der Waals surface area (Å²) in [6, 6.07) is -2.15. The maximum absolute atomic E-state index is 12.5. The zero-order valence-electron chi connectivity index (χ0n) is 10.4. The van der Waals surface area contributed by atoms with Crippen molar-refractivity contribution in [2.45, 2.75) is 58.4 Å². The van der Waals surface area contributed by atoms with E-state index in [2.05, 4.69) is 0 Å². The molecule has 2 atom stereocenters. The molecule has 3 nitrogen and oxygen atoms in total. The first kappa shape index (κ1) is 16.2. The van der Waals surface area contributed by atoms with Gasteiger partial charge in [0.1, 0.15) is 6.04 Å². The third-order valence-electron chi connectivity index (χ3n) is 2.33. The molecule has 6 heteroatoms. The summed E-state index contributed by atoms with van der Waals surface area (Å²) in [7, 11) is 0. The molecule has 0 aliphatic rings. The smallest absolute Gasteiger partial charge is 0.404 e. The fourth-order valence-electron chi connectivity index (χ4n) is 1.42. The molecule has 0 bridgehead atoms. The highest BCUT2D eigenvalue weighted by Crippen LogP contribution is 2.28. The van der Waals surface area contributed by atoms with Crippen LogP contribution in [0.2, 0.25) is 0 Å². The quantitative estimate of drug-likeness (QED) is 0.742. The van der Waals surface area contributed by atoms with Crippen LogP contribution < -0.4 is 5.73 Å². The molecule has 0 saturated carbocycles. The van der Waals surface area contributed by atoms with E-state index < -0.39 is 30.2 Å². The molecule has 0 heterocycles. The van der Waals surface area contributed by atoms with Crippen molar-refractivity contribution >= 4 is 5.97 Å². The van der Waals surface area contributed by atoms with Crippen molar-refractivity contribution in [3.05, 3.63) is 0 Å². The fraction of sp³-hybridized carbons (Fsp3) is 0.909. The Labute approximate surface area is 99.5 Å². The predicted octanol–water partition coefficient (Wildman–Crippen LogP) is 2.63. The summed E-state index contributed by atoms with van der Waals surface area (Å²) in [6.07, 6.45) is -3.69. The molecule has 0 rings (SSSR count). The lowest BCUT2D eigenvalue weighted by molar-refractivity contribution is -0.179. The van der Waals surface area contributed by atoms with Crippen LogP contribution in [0.3, 0.4) is 0 Å². The second kappa shape index (κ2) is 6.83. The van der Waals surface area contributed by atoms with E-state index in [-0.39, 0.29) is 6.42 Å². The first-order valence-corrected chi connectivity index (χ1v) is 5.72. The zero-order chi connectivity index (χ0) is 13.6. The largest absolute Gasteiger partial charge is 0.463 e. The lowest BCUT2D eigenvalue weighted by atomic mass is 9.94. The summed E-state index contributed by atoms with van der Waals surface area (Å²) in [6.45, 7) is 5.02. The van der Waals surface area contributed by atoms with E-state index in [9.17, 15) is 18.0 Å². The first-order valence-electron chi connectivity index (χ1n) is 5.72. The number of carbonyl (C=O) groups is 1. The molecular weight excluding hydrogens is 235 g/mol. The van der Waals surface area contributed by atoms with Crippen molar-refractivity contribution in [3.63, 3.8) is 0 Å². The minimum absolute atomic E-state index is 0.0999. The molecule has 0 fully saturated rings. The van der Waals surface area contributed by atoms with Crippen LogP contribution in [-0.2, 0) is 9.53 Å². The van der Waals surface area contributed by atoms with Gasteiger partial charge in [0.05, 0.1) is 12.0 Å². The van der Waals surface area contributed by atoms with E-state index in [1.807, 2.05) is 6.92 Å². The normalized spacial score (nSPS) is 15.8. The molecule has 0 aromatic rings. The standard InChI is InChI=1S/C11H20F3NO2/c1-4-5-6-8(9(15)11(12,13)14)10(16)17-7(2)3/h7-9H,4-6,15H2,1-3H3/t8-,9-/m1/s1. The molecular formula is C11H20F3NO2. The van der Waals surface area contributed by atoms with Crippen molar-refractivity contribution in [2.75, 3.05) is 0 Å². The number of ether oxygens (including phenoxy) is 1. The Balaban J connectivity index is 4.68. The average molecular weight is 255 g/mol.